The number of para-hydroxylation sites is 1. The Kier molecular flexibility index (Phi) is 4.34. The van der Waals surface area contributed by atoms with E-state index in [2.05, 4.69) is 15.9 Å². The third kappa shape index (κ3) is 2.80. The summed E-state index contributed by atoms with van der Waals surface area (Å²) in [6.45, 7) is 0. The number of aromatic nitrogens is 1. The van der Waals surface area contributed by atoms with Gasteiger partial charge in [-0.25, -0.2) is 0 Å². The maximum absolute atomic E-state index is 11.5. The number of hydrogen-bond acceptors (Lipinski definition) is 4. The first-order chi connectivity index (χ1) is 9.56. The molecule has 1 heterocycles. The van der Waals surface area contributed by atoms with Gasteiger partial charge in [0.25, 0.3) is 5.56 Å². The van der Waals surface area contributed by atoms with Crippen LogP contribution in [-0.4, -0.2) is 18.8 Å². The smallest absolute Gasteiger partial charge is 0.251 e. The van der Waals surface area contributed by atoms with Gasteiger partial charge in [0.15, 0.2) is 17.2 Å². The molecule has 2 rings (SSSR count). The molecule has 0 atom stereocenters. The van der Waals surface area contributed by atoms with Gasteiger partial charge < -0.3 is 18.8 Å². The summed E-state index contributed by atoms with van der Waals surface area (Å²) in [6, 6.07) is 6.79. The lowest BCUT2D eigenvalue weighted by atomic mass is 10.3. The summed E-state index contributed by atoms with van der Waals surface area (Å²) in [5.74, 6) is 2.04. The van der Waals surface area contributed by atoms with Gasteiger partial charge in [-0.05, 0) is 28.1 Å². The quantitative estimate of drug-likeness (QED) is 0.859. The summed E-state index contributed by atoms with van der Waals surface area (Å²) >= 11 is 3.31. The Balaban J connectivity index is 2.49. The van der Waals surface area contributed by atoms with Crippen molar-refractivity contribution in [2.45, 2.75) is 0 Å². The molecule has 0 N–H and O–H groups in total. The summed E-state index contributed by atoms with van der Waals surface area (Å²) in [7, 11) is 4.76. The molecule has 0 fully saturated rings. The van der Waals surface area contributed by atoms with Gasteiger partial charge in [-0.3, -0.25) is 4.79 Å². The highest BCUT2D eigenvalue weighted by atomic mass is 79.9. The van der Waals surface area contributed by atoms with Crippen molar-refractivity contribution in [2.24, 2.45) is 7.05 Å². The second-order valence-electron chi connectivity index (χ2n) is 4.03. The van der Waals surface area contributed by atoms with Crippen LogP contribution in [0.25, 0.3) is 0 Å². The number of hydrogen-bond donors (Lipinski definition) is 0. The van der Waals surface area contributed by atoms with Crippen molar-refractivity contribution in [2.75, 3.05) is 14.2 Å². The Hall–Kier alpha value is -1.95. The van der Waals surface area contributed by atoms with Crippen LogP contribution >= 0.6 is 15.9 Å². The van der Waals surface area contributed by atoms with Crippen LogP contribution in [0.1, 0.15) is 0 Å². The van der Waals surface area contributed by atoms with Crippen LogP contribution in [0.4, 0.5) is 0 Å². The third-order valence-corrected chi connectivity index (χ3v) is 3.36. The second kappa shape index (κ2) is 6.00. The lowest BCUT2D eigenvalue weighted by molar-refractivity contribution is 0.344. The first kappa shape index (κ1) is 14.5. The SMILES string of the molecule is COc1cccc(OC)c1Oc1cn(C)c(=O)cc1Br. The maximum Gasteiger partial charge on any atom is 0.251 e. The number of aryl methyl sites for hydroxylation is 1. The summed E-state index contributed by atoms with van der Waals surface area (Å²) < 4.78 is 18.4. The molecule has 20 heavy (non-hydrogen) atoms. The molecule has 0 aliphatic heterocycles. The number of halogens is 1. The number of benzene rings is 1. The topological polar surface area (TPSA) is 49.7 Å². The molecule has 1 aromatic heterocycles. The van der Waals surface area contributed by atoms with E-state index in [-0.39, 0.29) is 5.56 Å². The van der Waals surface area contributed by atoms with Gasteiger partial charge in [-0.2, -0.15) is 0 Å². The molecule has 0 amide bonds. The number of pyridine rings is 1. The molecule has 0 aliphatic carbocycles. The lowest BCUT2D eigenvalue weighted by Gasteiger charge is -2.15. The van der Waals surface area contributed by atoms with E-state index in [0.29, 0.717) is 27.5 Å². The van der Waals surface area contributed by atoms with Gasteiger partial charge in [0.1, 0.15) is 0 Å². The zero-order valence-electron chi connectivity index (χ0n) is 11.3. The Morgan fingerprint density at radius 2 is 1.70 bits per heavy atom. The van der Waals surface area contributed by atoms with Gasteiger partial charge >= 0.3 is 0 Å². The molecule has 106 valence electrons. The first-order valence-corrected chi connectivity index (χ1v) is 6.61. The van der Waals surface area contributed by atoms with Gasteiger partial charge in [0, 0.05) is 13.1 Å². The summed E-state index contributed by atoms with van der Waals surface area (Å²) in [5, 5.41) is 0. The van der Waals surface area contributed by atoms with Crippen molar-refractivity contribution >= 4 is 15.9 Å². The zero-order valence-corrected chi connectivity index (χ0v) is 12.9. The molecule has 0 unspecified atom stereocenters. The fourth-order valence-electron chi connectivity index (χ4n) is 1.69. The van der Waals surface area contributed by atoms with E-state index in [1.54, 1.807) is 45.7 Å². The summed E-state index contributed by atoms with van der Waals surface area (Å²) in [6.07, 6.45) is 1.60. The average molecular weight is 340 g/mol. The van der Waals surface area contributed by atoms with Crippen LogP contribution in [0.15, 0.2) is 39.7 Å². The van der Waals surface area contributed by atoms with Crippen molar-refractivity contribution in [1.29, 1.82) is 0 Å². The first-order valence-electron chi connectivity index (χ1n) is 5.82. The Morgan fingerprint density at radius 3 is 2.25 bits per heavy atom. The van der Waals surface area contributed by atoms with E-state index in [9.17, 15) is 4.79 Å². The van der Waals surface area contributed by atoms with E-state index in [0.717, 1.165) is 0 Å². The molecule has 5 nitrogen and oxygen atoms in total. The minimum Gasteiger partial charge on any atom is -0.493 e. The van der Waals surface area contributed by atoms with Gasteiger partial charge in [0.2, 0.25) is 5.75 Å². The van der Waals surface area contributed by atoms with Crippen LogP contribution in [0.3, 0.4) is 0 Å². The molecule has 0 aliphatic rings. The van der Waals surface area contributed by atoms with Crippen LogP contribution in [0.5, 0.6) is 23.0 Å². The molecule has 0 bridgehead atoms. The standard InChI is InChI=1S/C14H14BrNO4/c1-16-8-12(9(15)7-13(16)17)20-14-10(18-2)5-4-6-11(14)19-3/h4-8H,1-3H3. The van der Waals surface area contributed by atoms with Gasteiger partial charge in [0.05, 0.1) is 24.9 Å². The molecule has 0 radical (unpaired) electrons. The molecule has 2 aromatic rings. The Morgan fingerprint density at radius 1 is 1.10 bits per heavy atom. The van der Waals surface area contributed by atoms with E-state index < -0.39 is 0 Å². The van der Waals surface area contributed by atoms with Crippen molar-refractivity contribution in [3.63, 3.8) is 0 Å². The maximum atomic E-state index is 11.5. The molecule has 0 saturated heterocycles. The largest absolute Gasteiger partial charge is 0.493 e. The highest BCUT2D eigenvalue weighted by Gasteiger charge is 2.14. The Labute approximate surface area is 124 Å². The second-order valence-corrected chi connectivity index (χ2v) is 4.88. The molecule has 1 aromatic carbocycles. The summed E-state index contributed by atoms with van der Waals surface area (Å²) in [5.41, 5.74) is -0.129. The molecule has 6 heteroatoms. The van der Waals surface area contributed by atoms with Crippen molar-refractivity contribution in [1.82, 2.24) is 4.57 Å². The fourth-order valence-corrected chi connectivity index (χ4v) is 2.06. The molecular formula is C14H14BrNO4. The summed E-state index contributed by atoms with van der Waals surface area (Å²) in [4.78, 5) is 11.5. The normalized spacial score (nSPS) is 10.2. The predicted octanol–water partition coefficient (Wildman–Crippen LogP) is 2.96. The lowest BCUT2D eigenvalue weighted by Crippen LogP contribution is -2.14. The van der Waals surface area contributed by atoms with Gasteiger partial charge in [-0.1, -0.05) is 6.07 Å². The van der Waals surface area contributed by atoms with E-state index >= 15 is 0 Å². The molecule has 0 spiro atoms. The average Bonchev–Trinajstić information content (AvgIpc) is 2.44. The highest BCUT2D eigenvalue weighted by molar-refractivity contribution is 9.10. The van der Waals surface area contributed by atoms with Crippen molar-refractivity contribution < 1.29 is 14.2 Å². The van der Waals surface area contributed by atoms with Crippen LogP contribution < -0.4 is 19.8 Å². The van der Waals surface area contributed by atoms with Crippen molar-refractivity contribution in [3.8, 4) is 23.0 Å². The monoisotopic (exact) mass is 339 g/mol. The van der Waals surface area contributed by atoms with Crippen LogP contribution in [0.2, 0.25) is 0 Å². The Bertz CT molecular complexity index is 659. The number of rotatable bonds is 4. The van der Waals surface area contributed by atoms with Gasteiger partial charge in [-0.15, -0.1) is 0 Å². The fraction of sp³-hybridized carbons (Fsp3) is 0.214. The number of ether oxygens (including phenoxy) is 3. The third-order valence-electron chi connectivity index (χ3n) is 2.74. The van der Waals surface area contributed by atoms with E-state index in [4.69, 9.17) is 14.2 Å². The minimum atomic E-state index is -0.129. The minimum absolute atomic E-state index is 0.129. The van der Waals surface area contributed by atoms with E-state index in [1.165, 1.54) is 10.6 Å². The van der Waals surface area contributed by atoms with Crippen molar-refractivity contribution in [3.05, 3.63) is 45.3 Å². The number of methoxy groups -OCH3 is 2. The van der Waals surface area contributed by atoms with Crippen LogP contribution in [0, 0.1) is 0 Å². The zero-order chi connectivity index (χ0) is 14.7. The molecule has 0 saturated carbocycles. The molecular weight excluding hydrogens is 326 g/mol. The predicted molar refractivity (Wildman–Crippen MR) is 79.0 cm³/mol. The number of nitrogens with zero attached hydrogens (tertiary/aromatic N) is 1. The highest BCUT2D eigenvalue weighted by Crippen LogP contribution is 2.41. The van der Waals surface area contributed by atoms with Crippen LogP contribution in [-0.2, 0) is 7.05 Å². The van der Waals surface area contributed by atoms with E-state index in [1.807, 2.05) is 0 Å².